The first kappa shape index (κ1) is 16.8. The molecule has 0 aliphatic carbocycles. The van der Waals surface area contributed by atoms with E-state index in [2.05, 4.69) is 60.7 Å². The van der Waals surface area contributed by atoms with Crippen LogP contribution in [-0.2, 0) is 12.8 Å². The van der Waals surface area contributed by atoms with Crippen molar-refractivity contribution in [1.29, 1.82) is 0 Å². The van der Waals surface area contributed by atoms with Gasteiger partial charge in [0.2, 0.25) is 0 Å². The van der Waals surface area contributed by atoms with Gasteiger partial charge in [-0.3, -0.25) is 0 Å². The third-order valence-corrected chi connectivity index (χ3v) is 4.27. The van der Waals surface area contributed by atoms with Gasteiger partial charge in [0.05, 0.1) is 0 Å². The maximum Gasteiger partial charge on any atom is 0.00388 e. The molecule has 0 saturated carbocycles. The quantitative estimate of drug-likeness (QED) is 0.603. The lowest BCUT2D eigenvalue weighted by Crippen LogP contribution is -2.19. The summed E-state index contributed by atoms with van der Waals surface area (Å²) in [5.74, 6) is 0. The van der Waals surface area contributed by atoms with E-state index < -0.39 is 0 Å². The van der Waals surface area contributed by atoms with E-state index in [9.17, 15) is 0 Å². The van der Waals surface area contributed by atoms with E-state index in [1.807, 2.05) is 0 Å². The number of hydrogen-bond acceptors (Lipinski definition) is 1. The molecule has 0 atom stereocenters. The molecule has 118 valence electrons. The Morgan fingerprint density at radius 1 is 0.591 bits per heavy atom. The van der Waals surface area contributed by atoms with Crippen LogP contribution < -0.4 is 5.73 Å². The van der Waals surface area contributed by atoms with Crippen molar-refractivity contribution in [3.05, 3.63) is 71.8 Å². The van der Waals surface area contributed by atoms with Gasteiger partial charge in [-0.05, 0) is 49.7 Å². The Kier molecular flexibility index (Phi) is 7.76. The van der Waals surface area contributed by atoms with Gasteiger partial charge in [0.15, 0.2) is 0 Å². The molecule has 0 bridgehead atoms. The molecule has 2 rings (SSSR count). The molecule has 2 N–H and O–H groups in total. The van der Waals surface area contributed by atoms with E-state index in [0.717, 1.165) is 12.8 Å². The number of benzene rings is 2. The van der Waals surface area contributed by atoms with Gasteiger partial charge < -0.3 is 5.73 Å². The molecule has 0 aliphatic rings. The van der Waals surface area contributed by atoms with Crippen molar-refractivity contribution in [2.24, 2.45) is 5.73 Å². The van der Waals surface area contributed by atoms with Crippen LogP contribution in [0.1, 0.15) is 49.7 Å². The molecule has 0 amide bonds. The van der Waals surface area contributed by atoms with Gasteiger partial charge in [0, 0.05) is 6.04 Å². The van der Waals surface area contributed by atoms with Crippen molar-refractivity contribution in [3.8, 4) is 0 Å². The minimum atomic E-state index is 0.381. The SMILES string of the molecule is NC(CCCCc1ccccc1)CCCCc1ccccc1. The zero-order valence-corrected chi connectivity index (χ0v) is 13.6. The van der Waals surface area contributed by atoms with Gasteiger partial charge >= 0.3 is 0 Å². The smallest absolute Gasteiger partial charge is 0.00388 e. The van der Waals surface area contributed by atoms with E-state index in [-0.39, 0.29) is 0 Å². The fourth-order valence-corrected chi connectivity index (χ4v) is 2.90. The Hall–Kier alpha value is -1.60. The Morgan fingerprint density at radius 2 is 1.00 bits per heavy atom. The first-order valence-corrected chi connectivity index (χ1v) is 8.68. The molecule has 0 fully saturated rings. The average Bonchev–Trinajstić information content (AvgIpc) is 2.57. The van der Waals surface area contributed by atoms with Crippen LogP contribution in [0.4, 0.5) is 0 Å². The zero-order chi connectivity index (χ0) is 15.5. The van der Waals surface area contributed by atoms with E-state index in [1.54, 1.807) is 0 Å². The molecule has 0 saturated heterocycles. The molecule has 1 nitrogen and oxygen atoms in total. The predicted octanol–water partition coefficient (Wildman–Crippen LogP) is 5.14. The lowest BCUT2D eigenvalue weighted by molar-refractivity contribution is 0.506. The third-order valence-electron chi connectivity index (χ3n) is 4.27. The molecule has 22 heavy (non-hydrogen) atoms. The summed E-state index contributed by atoms with van der Waals surface area (Å²) in [7, 11) is 0. The molecule has 0 radical (unpaired) electrons. The topological polar surface area (TPSA) is 26.0 Å². The van der Waals surface area contributed by atoms with E-state index in [4.69, 9.17) is 5.73 Å². The van der Waals surface area contributed by atoms with Crippen molar-refractivity contribution in [2.75, 3.05) is 0 Å². The summed E-state index contributed by atoms with van der Waals surface area (Å²) in [5.41, 5.74) is 9.12. The predicted molar refractivity (Wildman–Crippen MR) is 96.0 cm³/mol. The second-order valence-electron chi connectivity index (χ2n) is 6.22. The molecular formula is C21H29N. The van der Waals surface area contributed by atoms with Crippen LogP contribution in [0.3, 0.4) is 0 Å². The van der Waals surface area contributed by atoms with Crippen molar-refractivity contribution in [1.82, 2.24) is 0 Å². The van der Waals surface area contributed by atoms with Crippen LogP contribution in [0.2, 0.25) is 0 Å². The van der Waals surface area contributed by atoms with Crippen LogP contribution >= 0.6 is 0 Å². The fraction of sp³-hybridized carbons (Fsp3) is 0.429. The minimum absolute atomic E-state index is 0.381. The van der Waals surface area contributed by atoms with E-state index >= 15 is 0 Å². The van der Waals surface area contributed by atoms with Crippen LogP contribution in [0, 0.1) is 0 Å². The number of nitrogens with two attached hydrogens (primary N) is 1. The molecule has 2 aromatic rings. The summed E-state index contributed by atoms with van der Waals surface area (Å²) in [6, 6.07) is 21.9. The minimum Gasteiger partial charge on any atom is -0.328 e. The lowest BCUT2D eigenvalue weighted by atomic mass is 10.00. The Morgan fingerprint density at radius 3 is 1.41 bits per heavy atom. The molecule has 0 aromatic heterocycles. The molecule has 1 heteroatoms. The highest BCUT2D eigenvalue weighted by Gasteiger charge is 2.03. The van der Waals surface area contributed by atoms with Gasteiger partial charge in [0.1, 0.15) is 0 Å². The molecule has 0 heterocycles. The van der Waals surface area contributed by atoms with Crippen molar-refractivity contribution >= 4 is 0 Å². The van der Waals surface area contributed by atoms with Gasteiger partial charge in [-0.2, -0.15) is 0 Å². The summed E-state index contributed by atoms with van der Waals surface area (Å²) in [6.07, 6.45) is 9.69. The lowest BCUT2D eigenvalue weighted by Gasteiger charge is -2.11. The van der Waals surface area contributed by atoms with E-state index in [1.165, 1.54) is 49.7 Å². The third kappa shape index (κ3) is 6.91. The molecule has 0 spiro atoms. The summed E-state index contributed by atoms with van der Waals surface area (Å²) < 4.78 is 0. The second kappa shape index (κ2) is 10.2. The highest BCUT2D eigenvalue weighted by Crippen LogP contribution is 2.12. The highest BCUT2D eigenvalue weighted by molar-refractivity contribution is 5.15. The van der Waals surface area contributed by atoms with Crippen molar-refractivity contribution in [2.45, 2.75) is 57.4 Å². The number of aryl methyl sites for hydroxylation is 2. The monoisotopic (exact) mass is 295 g/mol. The van der Waals surface area contributed by atoms with Gasteiger partial charge in [-0.1, -0.05) is 73.5 Å². The van der Waals surface area contributed by atoms with Gasteiger partial charge in [-0.25, -0.2) is 0 Å². The highest BCUT2D eigenvalue weighted by atomic mass is 14.6. The first-order chi connectivity index (χ1) is 10.8. The average molecular weight is 295 g/mol. The number of unbranched alkanes of at least 4 members (excludes halogenated alkanes) is 2. The maximum atomic E-state index is 6.23. The summed E-state index contributed by atoms with van der Waals surface area (Å²) in [6.45, 7) is 0. The largest absolute Gasteiger partial charge is 0.328 e. The number of hydrogen-bond donors (Lipinski definition) is 1. The summed E-state index contributed by atoms with van der Waals surface area (Å²) in [4.78, 5) is 0. The standard InChI is InChI=1S/C21H29N/c22-21(17-9-7-15-19-11-3-1-4-12-19)18-10-8-16-20-13-5-2-6-14-20/h1-6,11-14,21H,7-10,15-18,22H2. The van der Waals surface area contributed by atoms with Gasteiger partial charge in [-0.15, -0.1) is 0 Å². The molecule has 2 aromatic carbocycles. The van der Waals surface area contributed by atoms with Crippen LogP contribution in [-0.4, -0.2) is 6.04 Å². The second-order valence-corrected chi connectivity index (χ2v) is 6.22. The van der Waals surface area contributed by atoms with Crippen molar-refractivity contribution < 1.29 is 0 Å². The van der Waals surface area contributed by atoms with Crippen LogP contribution in [0.15, 0.2) is 60.7 Å². The van der Waals surface area contributed by atoms with Crippen molar-refractivity contribution in [3.63, 3.8) is 0 Å². The Balaban J connectivity index is 1.48. The van der Waals surface area contributed by atoms with Crippen LogP contribution in [0.25, 0.3) is 0 Å². The number of rotatable bonds is 10. The first-order valence-electron chi connectivity index (χ1n) is 8.68. The summed E-state index contributed by atoms with van der Waals surface area (Å²) >= 11 is 0. The molecular weight excluding hydrogens is 266 g/mol. The van der Waals surface area contributed by atoms with Crippen LogP contribution in [0.5, 0.6) is 0 Å². The molecule has 0 unspecified atom stereocenters. The normalized spacial score (nSPS) is 11.0. The molecule has 0 aliphatic heterocycles. The van der Waals surface area contributed by atoms with Gasteiger partial charge in [0.25, 0.3) is 0 Å². The summed E-state index contributed by atoms with van der Waals surface area (Å²) in [5, 5.41) is 0. The zero-order valence-electron chi connectivity index (χ0n) is 13.6. The fourth-order valence-electron chi connectivity index (χ4n) is 2.90. The Labute approximate surface area is 135 Å². The maximum absolute atomic E-state index is 6.23. The van der Waals surface area contributed by atoms with E-state index in [0.29, 0.717) is 6.04 Å². The Bertz CT molecular complexity index is 444.